The lowest BCUT2D eigenvalue weighted by molar-refractivity contribution is 0.0711. The summed E-state index contributed by atoms with van der Waals surface area (Å²) in [5.41, 5.74) is 5.28. The summed E-state index contributed by atoms with van der Waals surface area (Å²) < 4.78 is 0. The van der Waals surface area contributed by atoms with Gasteiger partial charge in [-0.25, -0.2) is 10.5 Å². The summed E-state index contributed by atoms with van der Waals surface area (Å²) >= 11 is 3.14. The highest BCUT2D eigenvalue weighted by atomic mass is 32.1. The predicted octanol–water partition coefficient (Wildman–Crippen LogP) is 3.86. The molecule has 1 amide bonds. The second-order valence-corrected chi connectivity index (χ2v) is 8.19. The van der Waals surface area contributed by atoms with Crippen molar-refractivity contribution < 1.29 is 10.0 Å². The van der Waals surface area contributed by atoms with Crippen LogP contribution >= 0.6 is 22.7 Å². The summed E-state index contributed by atoms with van der Waals surface area (Å²) in [7, 11) is 0. The number of hydroxylamine groups is 1. The number of nitrogens with one attached hydrogen (secondary N) is 1. The highest BCUT2D eigenvalue weighted by Crippen LogP contribution is 2.35. The smallest absolute Gasteiger partial charge is 0.284 e. The molecular weight excluding hydrogens is 354 g/mol. The molecule has 128 valence electrons. The average Bonchev–Trinajstić information content (AvgIpc) is 3.28. The minimum absolute atomic E-state index is 0.443. The zero-order valence-electron chi connectivity index (χ0n) is 13.7. The van der Waals surface area contributed by atoms with Crippen LogP contribution in [-0.4, -0.2) is 22.6 Å². The highest BCUT2D eigenvalue weighted by Gasteiger charge is 2.23. The number of thiophene rings is 1. The number of hydrogen-bond donors (Lipinski definition) is 2. The molecule has 0 spiro atoms. The SMILES string of the molecule is Cc1ccc(-c2cnc(N3CCc4sc(C(=O)NO)cc4C3)s2)cc1. The Kier molecular flexibility index (Phi) is 4.29. The van der Waals surface area contributed by atoms with E-state index in [1.807, 2.05) is 12.3 Å². The van der Waals surface area contributed by atoms with Crippen LogP contribution in [0.15, 0.2) is 36.5 Å². The minimum Gasteiger partial charge on any atom is -0.343 e. The van der Waals surface area contributed by atoms with Crippen LogP contribution in [0.2, 0.25) is 0 Å². The van der Waals surface area contributed by atoms with Gasteiger partial charge in [-0.3, -0.25) is 10.0 Å². The van der Waals surface area contributed by atoms with Gasteiger partial charge in [-0.1, -0.05) is 41.2 Å². The van der Waals surface area contributed by atoms with Crippen LogP contribution in [0.4, 0.5) is 5.13 Å². The van der Waals surface area contributed by atoms with Crippen molar-refractivity contribution in [1.82, 2.24) is 10.5 Å². The third-order valence-electron chi connectivity index (χ3n) is 4.29. The summed E-state index contributed by atoms with van der Waals surface area (Å²) in [6, 6.07) is 10.3. The van der Waals surface area contributed by atoms with Gasteiger partial charge in [0.2, 0.25) is 0 Å². The van der Waals surface area contributed by atoms with Crippen LogP contribution in [0, 0.1) is 6.92 Å². The Morgan fingerprint density at radius 3 is 2.84 bits per heavy atom. The molecule has 7 heteroatoms. The first-order chi connectivity index (χ1) is 12.1. The molecule has 3 aromatic rings. The number of hydrogen-bond acceptors (Lipinski definition) is 6. The highest BCUT2D eigenvalue weighted by molar-refractivity contribution is 7.19. The van der Waals surface area contributed by atoms with Gasteiger partial charge in [-0.2, -0.15) is 0 Å². The Bertz CT molecular complexity index is 915. The molecule has 2 aromatic heterocycles. The van der Waals surface area contributed by atoms with E-state index in [1.54, 1.807) is 16.8 Å². The van der Waals surface area contributed by atoms with E-state index in [9.17, 15) is 4.79 Å². The van der Waals surface area contributed by atoms with Gasteiger partial charge >= 0.3 is 0 Å². The number of rotatable bonds is 3. The van der Waals surface area contributed by atoms with Crippen LogP contribution in [0.1, 0.15) is 25.7 Å². The third kappa shape index (κ3) is 3.18. The zero-order valence-corrected chi connectivity index (χ0v) is 15.3. The third-order valence-corrected chi connectivity index (χ3v) is 6.64. The molecule has 1 aliphatic heterocycles. The fourth-order valence-corrected chi connectivity index (χ4v) is 4.93. The van der Waals surface area contributed by atoms with Gasteiger partial charge in [0.15, 0.2) is 5.13 Å². The van der Waals surface area contributed by atoms with Crippen molar-refractivity contribution in [2.24, 2.45) is 0 Å². The van der Waals surface area contributed by atoms with Crippen molar-refractivity contribution in [3.8, 4) is 10.4 Å². The van der Waals surface area contributed by atoms with Crippen LogP contribution in [0.5, 0.6) is 0 Å². The van der Waals surface area contributed by atoms with Gasteiger partial charge < -0.3 is 4.90 Å². The molecule has 0 saturated heterocycles. The summed E-state index contributed by atoms with van der Waals surface area (Å²) in [5, 5.41) is 9.80. The fraction of sp³-hybridized carbons (Fsp3) is 0.222. The number of benzene rings is 1. The van der Waals surface area contributed by atoms with Crippen molar-refractivity contribution in [3.05, 3.63) is 57.4 Å². The molecule has 0 saturated carbocycles. The maximum Gasteiger partial charge on any atom is 0.284 e. The number of amides is 1. The van der Waals surface area contributed by atoms with E-state index in [4.69, 9.17) is 5.21 Å². The summed E-state index contributed by atoms with van der Waals surface area (Å²) in [6.45, 7) is 3.71. The molecule has 0 aliphatic carbocycles. The van der Waals surface area contributed by atoms with E-state index in [2.05, 4.69) is 41.1 Å². The Balaban J connectivity index is 1.55. The molecule has 3 heterocycles. The molecule has 1 aliphatic rings. The van der Waals surface area contributed by atoms with Crippen molar-refractivity contribution in [3.63, 3.8) is 0 Å². The normalized spacial score (nSPS) is 13.6. The molecule has 4 rings (SSSR count). The van der Waals surface area contributed by atoms with Crippen LogP contribution in [-0.2, 0) is 13.0 Å². The molecule has 5 nitrogen and oxygen atoms in total. The van der Waals surface area contributed by atoms with Gasteiger partial charge in [0.25, 0.3) is 5.91 Å². The van der Waals surface area contributed by atoms with Crippen molar-refractivity contribution >= 4 is 33.7 Å². The van der Waals surface area contributed by atoms with Crippen molar-refractivity contribution in [2.75, 3.05) is 11.4 Å². The standard InChI is InChI=1S/C18H17N3O2S2/c1-11-2-4-12(5-3-11)16-9-19-18(25-16)21-7-6-14-13(10-21)8-15(24-14)17(22)20-23/h2-5,8-9,23H,6-7,10H2,1H3,(H,20,22). The number of nitrogens with zero attached hydrogens (tertiary/aromatic N) is 2. The maximum absolute atomic E-state index is 11.6. The van der Waals surface area contributed by atoms with Crippen molar-refractivity contribution in [1.29, 1.82) is 0 Å². The monoisotopic (exact) mass is 371 g/mol. The maximum atomic E-state index is 11.6. The van der Waals surface area contributed by atoms with Gasteiger partial charge in [-0.15, -0.1) is 11.3 Å². The van der Waals surface area contributed by atoms with Crippen LogP contribution in [0.3, 0.4) is 0 Å². The number of fused-ring (bicyclic) bond motifs is 1. The number of aromatic nitrogens is 1. The van der Waals surface area contributed by atoms with Crippen LogP contribution in [0.25, 0.3) is 10.4 Å². The number of anilines is 1. The summed E-state index contributed by atoms with van der Waals surface area (Å²) in [5.74, 6) is -0.443. The molecule has 25 heavy (non-hydrogen) atoms. The molecule has 0 atom stereocenters. The quantitative estimate of drug-likeness (QED) is 0.542. The molecule has 0 fully saturated rings. The molecule has 1 aromatic carbocycles. The van der Waals surface area contributed by atoms with E-state index in [0.29, 0.717) is 4.88 Å². The van der Waals surface area contributed by atoms with Gasteiger partial charge in [0.05, 0.1) is 9.75 Å². The number of thiazole rings is 1. The molecular formula is C18H17N3O2S2. The Hall–Kier alpha value is -2.22. The predicted molar refractivity (Wildman–Crippen MR) is 101 cm³/mol. The minimum atomic E-state index is -0.443. The second-order valence-electron chi connectivity index (χ2n) is 6.04. The van der Waals surface area contributed by atoms with Gasteiger partial charge in [0.1, 0.15) is 0 Å². The fourth-order valence-electron chi connectivity index (χ4n) is 2.93. The molecule has 0 bridgehead atoms. The topological polar surface area (TPSA) is 65.5 Å². The Morgan fingerprint density at radius 1 is 1.28 bits per heavy atom. The first-order valence-corrected chi connectivity index (χ1v) is 9.61. The lowest BCUT2D eigenvalue weighted by atomic mass is 10.1. The zero-order chi connectivity index (χ0) is 17.4. The lowest BCUT2D eigenvalue weighted by Gasteiger charge is -2.26. The summed E-state index contributed by atoms with van der Waals surface area (Å²) in [6.07, 6.45) is 2.82. The summed E-state index contributed by atoms with van der Waals surface area (Å²) in [4.78, 5) is 21.4. The number of carbonyl (C=O) groups excluding carboxylic acids is 1. The Labute approximate surface area is 153 Å². The lowest BCUT2D eigenvalue weighted by Crippen LogP contribution is -2.29. The molecule has 2 N–H and O–H groups in total. The van der Waals surface area contributed by atoms with Crippen molar-refractivity contribution in [2.45, 2.75) is 19.9 Å². The number of aryl methyl sites for hydroxylation is 1. The largest absolute Gasteiger partial charge is 0.343 e. The van der Waals surface area contributed by atoms with E-state index in [1.165, 1.54) is 27.3 Å². The first-order valence-electron chi connectivity index (χ1n) is 7.98. The Morgan fingerprint density at radius 2 is 2.08 bits per heavy atom. The van der Waals surface area contributed by atoms with E-state index in [-0.39, 0.29) is 0 Å². The molecule has 0 radical (unpaired) electrons. The van der Waals surface area contributed by atoms with Gasteiger partial charge in [-0.05, 0) is 30.5 Å². The van der Waals surface area contributed by atoms with Crippen LogP contribution < -0.4 is 10.4 Å². The molecule has 0 unspecified atom stereocenters. The first kappa shape index (κ1) is 16.3. The second kappa shape index (κ2) is 6.59. The van der Waals surface area contributed by atoms with Gasteiger partial charge in [0, 0.05) is 24.2 Å². The number of carbonyl (C=O) groups is 1. The van der Waals surface area contributed by atoms with E-state index < -0.39 is 5.91 Å². The van der Waals surface area contributed by atoms with E-state index in [0.717, 1.165) is 35.1 Å². The van der Waals surface area contributed by atoms with E-state index >= 15 is 0 Å². The average molecular weight is 371 g/mol.